The third-order valence-electron chi connectivity index (χ3n) is 3.87. The number of urea groups is 1. The summed E-state index contributed by atoms with van der Waals surface area (Å²) in [6.45, 7) is 1.99. The maximum absolute atomic E-state index is 11.8. The van der Waals surface area contributed by atoms with Gasteiger partial charge in [0.25, 0.3) is 0 Å². The topological polar surface area (TPSA) is 70.2 Å². The van der Waals surface area contributed by atoms with Crippen molar-refractivity contribution in [2.24, 2.45) is 0 Å². The number of nitrogens with one attached hydrogen (secondary N) is 3. The molecule has 5 heteroatoms. The first-order valence-electron chi connectivity index (χ1n) is 7.55. The number of carbonyl (C=O) groups is 2. The van der Waals surface area contributed by atoms with Gasteiger partial charge in [-0.05, 0) is 24.3 Å². The van der Waals surface area contributed by atoms with Crippen molar-refractivity contribution < 1.29 is 9.59 Å². The van der Waals surface area contributed by atoms with Gasteiger partial charge in [-0.15, -0.1) is 0 Å². The fraction of sp³-hybridized carbons (Fsp3) is 0.500. The Kier molecular flexibility index (Phi) is 5.60. The van der Waals surface area contributed by atoms with Crippen molar-refractivity contribution in [2.75, 3.05) is 0 Å². The minimum Gasteiger partial charge on any atom is -0.334 e. The molecule has 1 aliphatic rings. The number of carbonyl (C=O) groups excluding carboxylic acids is 2. The zero-order valence-corrected chi connectivity index (χ0v) is 12.4. The van der Waals surface area contributed by atoms with Crippen LogP contribution in [0.25, 0.3) is 0 Å². The second kappa shape index (κ2) is 7.67. The zero-order chi connectivity index (χ0) is 15.1. The van der Waals surface area contributed by atoms with Crippen molar-refractivity contribution >= 4 is 11.9 Å². The maximum Gasteiger partial charge on any atom is 0.333 e. The Balaban J connectivity index is 1.68. The van der Waals surface area contributed by atoms with E-state index >= 15 is 0 Å². The molecule has 3 N–H and O–H groups in total. The lowest BCUT2D eigenvalue weighted by atomic mass is 9.98. The maximum atomic E-state index is 11.8. The van der Waals surface area contributed by atoms with E-state index in [0.717, 1.165) is 31.2 Å². The van der Waals surface area contributed by atoms with E-state index in [9.17, 15) is 9.59 Å². The van der Waals surface area contributed by atoms with Gasteiger partial charge >= 0.3 is 6.03 Å². The number of hydrazine groups is 1. The van der Waals surface area contributed by atoms with E-state index in [1.807, 2.05) is 37.3 Å². The molecule has 1 aromatic rings. The van der Waals surface area contributed by atoms with Crippen LogP contribution in [0.3, 0.4) is 0 Å². The first-order chi connectivity index (χ1) is 10.1. The number of hydrogen-bond acceptors (Lipinski definition) is 2. The van der Waals surface area contributed by atoms with Gasteiger partial charge in [0.1, 0.15) is 0 Å². The number of rotatable bonds is 4. The van der Waals surface area contributed by atoms with E-state index in [4.69, 9.17) is 0 Å². The molecule has 2 rings (SSSR count). The Morgan fingerprint density at radius 1 is 1.14 bits per heavy atom. The van der Waals surface area contributed by atoms with Gasteiger partial charge in [-0.3, -0.25) is 10.2 Å². The summed E-state index contributed by atoms with van der Waals surface area (Å²) >= 11 is 0. The van der Waals surface area contributed by atoms with Crippen LogP contribution >= 0.6 is 0 Å². The molecule has 0 bridgehead atoms. The van der Waals surface area contributed by atoms with Gasteiger partial charge in [0.2, 0.25) is 5.91 Å². The molecule has 1 aromatic carbocycles. The second-order valence-electron chi connectivity index (χ2n) is 5.64. The second-order valence-corrected chi connectivity index (χ2v) is 5.64. The van der Waals surface area contributed by atoms with Crippen LogP contribution in [0.2, 0.25) is 0 Å². The number of amides is 3. The summed E-state index contributed by atoms with van der Waals surface area (Å²) in [5.74, 6) is -0.0705. The quantitative estimate of drug-likeness (QED) is 0.745. The number of benzene rings is 1. The molecule has 1 aliphatic carbocycles. The van der Waals surface area contributed by atoms with Gasteiger partial charge in [0, 0.05) is 12.5 Å². The lowest BCUT2D eigenvalue weighted by molar-refractivity contribution is -0.122. The summed E-state index contributed by atoms with van der Waals surface area (Å²) in [6, 6.07) is 9.77. The molecule has 5 nitrogen and oxygen atoms in total. The fourth-order valence-corrected chi connectivity index (χ4v) is 2.65. The summed E-state index contributed by atoms with van der Waals surface area (Å²) in [4.78, 5) is 23.4. The highest BCUT2D eigenvalue weighted by atomic mass is 16.2. The SMILES string of the molecule is C[C@H](CC(=O)NNC(=O)NC1CCCC1)c1ccccc1. The molecule has 0 aromatic heterocycles. The zero-order valence-electron chi connectivity index (χ0n) is 12.4. The lowest BCUT2D eigenvalue weighted by Crippen LogP contribution is -2.49. The minimum atomic E-state index is -0.331. The van der Waals surface area contributed by atoms with Crippen LogP contribution < -0.4 is 16.2 Å². The normalized spacial score (nSPS) is 16.2. The average Bonchev–Trinajstić information content (AvgIpc) is 2.99. The van der Waals surface area contributed by atoms with Crippen molar-refractivity contribution in [1.82, 2.24) is 16.2 Å². The summed E-state index contributed by atoms with van der Waals surface area (Å²) in [6.07, 6.45) is 4.70. The minimum absolute atomic E-state index is 0.117. The van der Waals surface area contributed by atoms with Crippen LogP contribution in [-0.4, -0.2) is 18.0 Å². The predicted molar refractivity (Wildman–Crippen MR) is 81.5 cm³/mol. The molecule has 114 valence electrons. The molecule has 1 saturated carbocycles. The summed E-state index contributed by atoms with van der Waals surface area (Å²) in [7, 11) is 0. The van der Waals surface area contributed by atoms with Crippen LogP contribution in [-0.2, 0) is 4.79 Å². The highest BCUT2D eigenvalue weighted by molar-refractivity contribution is 5.81. The third-order valence-corrected chi connectivity index (χ3v) is 3.87. The van der Waals surface area contributed by atoms with Gasteiger partial charge in [0.05, 0.1) is 0 Å². The van der Waals surface area contributed by atoms with Gasteiger partial charge in [-0.1, -0.05) is 50.1 Å². The molecule has 0 aliphatic heterocycles. The van der Waals surface area contributed by atoms with Gasteiger partial charge in [-0.25, -0.2) is 10.2 Å². The lowest BCUT2D eigenvalue weighted by Gasteiger charge is -2.15. The smallest absolute Gasteiger partial charge is 0.333 e. The molecule has 21 heavy (non-hydrogen) atoms. The average molecular weight is 289 g/mol. The molecular weight excluding hydrogens is 266 g/mol. The highest BCUT2D eigenvalue weighted by Gasteiger charge is 2.17. The highest BCUT2D eigenvalue weighted by Crippen LogP contribution is 2.18. The Morgan fingerprint density at radius 3 is 2.48 bits per heavy atom. The standard InChI is InChI=1S/C16H23N3O2/c1-12(13-7-3-2-4-8-13)11-15(20)18-19-16(21)17-14-9-5-6-10-14/h2-4,7-8,12,14H,5-6,9-11H2,1H3,(H,18,20)(H2,17,19,21)/t12-/m1/s1. The Morgan fingerprint density at radius 2 is 1.81 bits per heavy atom. The van der Waals surface area contributed by atoms with Crippen molar-refractivity contribution in [1.29, 1.82) is 0 Å². The molecule has 1 fully saturated rings. The Labute approximate surface area is 125 Å². The predicted octanol–water partition coefficient (Wildman–Crippen LogP) is 2.45. The van der Waals surface area contributed by atoms with E-state index < -0.39 is 0 Å². The first kappa shape index (κ1) is 15.4. The van der Waals surface area contributed by atoms with Gasteiger partial charge < -0.3 is 5.32 Å². The molecular formula is C16H23N3O2. The summed E-state index contributed by atoms with van der Waals surface area (Å²) in [5.41, 5.74) is 5.99. The molecule has 1 atom stereocenters. The van der Waals surface area contributed by atoms with E-state index in [1.54, 1.807) is 0 Å². The Hall–Kier alpha value is -2.04. The van der Waals surface area contributed by atoms with Gasteiger partial charge in [-0.2, -0.15) is 0 Å². The molecule has 0 radical (unpaired) electrons. The van der Waals surface area contributed by atoms with E-state index in [0.29, 0.717) is 6.42 Å². The monoisotopic (exact) mass is 289 g/mol. The van der Waals surface area contributed by atoms with Crippen LogP contribution in [0.4, 0.5) is 4.79 Å². The van der Waals surface area contributed by atoms with Crippen LogP contribution in [0.1, 0.15) is 50.5 Å². The van der Waals surface area contributed by atoms with Crippen LogP contribution in [0.15, 0.2) is 30.3 Å². The number of hydrogen-bond donors (Lipinski definition) is 3. The Bertz CT molecular complexity index is 470. The molecule has 0 spiro atoms. The van der Waals surface area contributed by atoms with E-state index in [-0.39, 0.29) is 23.9 Å². The van der Waals surface area contributed by atoms with E-state index in [2.05, 4.69) is 16.2 Å². The van der Waals surface area contributed by atoms with Crippen molar-refractivity contribution in [3.05, 3.63) is 35.9 Å². The van der Waals surface area contributed by atoms with Crippen molar-refractivity contribution in [3.63, 3.8) is 0 Å². The molecule has 3 amide bonds. The summed E-state index contributed by atoms with van der Waals surface area (Å²) in [5, 5.41) is 2.85. The van der Waals surface area contributed by atoms with E-state index in [1.165, 1.54) is 0 Å². The molecule has 0 unspecified atom stereocenters. The summed E-state index contributed by atoms with van der Waals surface area (Å²) < 4.78 is 0. The molecule has 0 saturated heterocycles. The first-order valence-corrected chi connectivity index (χ1v) is 7.55. The van der Waals surface area contributed by atoms with Gasteiger partial charge in [0.15, 0.2) is 0 Å². The van der Waals surface area contributed by atoms with Crippen molar-refractivity contribution in [2.45, 2.75) is 51.0 Å². The largest absolute Gasteiger partial charge is 0.334 e. The van der Waals surface area contributed by atoms with Crippen LogP contribution in [0, 0.1) is 0 Å². The van der Waals surface area contributed by atoms with Crippen LogP contribution in [0.5, 0.6) is 0 Å². The molecule has 0 heterocycles. The fourth-order valence-electron chi connectivity index (χ4n) is 2.65. The third kappa shape index (κ3) is 5.10. The van der Waals surface area contributed by atoms with Crippen molar-refractivity contribution in [3.8, 4) is 0 Å².